The first-order valence-corrected chi connectivity index (χ1v) is 10.6. The highest BCUT2D eigenvalue weighted by Gasteiger charge is 2.33. The molecule has 0 aliphatic carbocycles. The molecule has 2 N–H and O–H groups in total. The molecule has 6 nitrogen and oxygen atoms in total. The van der Waals surface area contributed by atoms with Crippen LogP contribution in [0.1, 0.15) is 18.9 Å². The molecule has 0 aromatic heterocycles. The van der Waals surface area contributed by atoms with Gasteiger partial charge in [0.15, 0.2) is 9.84 Å². The van der Waals surface area contributed by atoms with Crippen LogP contribution in [0.15, 0.2) is 42.5 Å². The van der Waals surface area contributed by atoms with Crippen molar-refractivity contribution in [3.05, 3.63) is 58.9 Å². The van der Waals surface area contributed by atoms with Crippen molar-refractivity contribution < 1.29 is 22.4 Å². The maximum absolute atomic E-state index is 12.9. The van der Waals surface area contributed by atoms with E-state index >= 15 is 0 Å². The molecule has 2 aromatic carbocycles. The number of benzene rings is 2. The van der Waals surface area contributed by atoms with E-state index in [1.165, 1.54) is 18.2 Å². The molecule has 9 heteroatoms. The molecule has 0 fully saturated rings. The lowest BCUT2D eigenvalue weighted by Crippen LogP contribution is -2.39. The van der Waals surface area contributed by atoms with Gasteiger partial charge in [-0.3, -0.25) is 9.59 Å². The van der Waals surface area contributed by atoms with Crippen molar-refractivity contribution in [1.82, 2.24) is 0 Å². The van der Waals surface area contributed by atoms with Gasteiger partial charge in [-0.2, -0.15) is 0 Å². The van der Waals surface area contributed by atoms with Gasteiger partial charge in [0.1, 0.15) is 16.8 Å². The number of carbonyl (C=O) groups excluding carboxylic acids is 2. The van der Waals surface area contributed by atoms with Gasteiger partial charge < -0.3 is 10.6 Å². The van der Waals surface area contributed by atoms with E-state index in [4.69, 9.17) is 11.6 Å². The number of aryl methyl sites for hydroxylation is 1. The van der Waals surface area contributed by atoms with Crippen molar-refractivity contribution in [2.24, 2.45) is 0 Å². The topological polar surface area (TPSA) is 92.3 Å². The van der Waals surface area contributed by atoms with Crippen LogP contribution < -0.4 is 10.6 Å². The van der Waals surface area contributed by atoms with Gasteiger partial charge in [-0.25, -0.2) is 12.8 Å². The Labute approximate surface area is 168 Å². The average Bonchev–Trinajstić information content (AvgIpc) is 2.60. The molecule has 2 aromatic rings. The summed E-state index contributed by atoms with van der Waals surface area (Å²) in [7, 11) is -4.07. The summed E-state index contributed by atoms with van der Waals surface area (Å²) < 4.78 is 38.1. The van der Waals surface area contributed by atoms with E-state index in [-0.39, 0.29) is 12.1 Å². The fourth-order valence-electron chi connectivity index (χ4n) is 2.56. The summed E-state index contributed by atoms with van der Waals surface area (Å²) in [5.41, 5.74) is 1.38. The maximum Gasteiger partial charge on any atom is 0.242 e. The number of anilines is 2. The number of amides is 2. The van der Waals surface area contributed by atoms with Crippen LogP contribution in [0.2, 0.25) is 5.02 Å². The lowest BCUT2D eigenvalue weighted by atomic mass is 10.2. The van der Waals surface area contributed by atoms with Gasteiger partial charge in [0.05, 0.1) is 0 Å². The van der Waals surface area contributed by atoms with Gasteiger partial charge in [0, 0.05) is 16.4 Å². The fourth-order valence-corrected chi connectivity index (χ4v) is 4.26. The van der Waals surface area contributed by atoms with Gasteiger partial charge in [0.2, 0.25) is 11.8 Å². The molecule has 0 radical (unpaired) electrons. The van der Waals surface area contributed by atoms with E-state index < -0.39 is 38.5 Å². The summed E-state index contributed by atoms with van der Waals surface area (Å²) in [4.78, 5) is 24.6. The second kappa shape index (κ2) is 9.16. The van der Waals surface area contributed by atoms with Crippen molar-refractivity contribution in [2.45, 2.75) is 25.5 Å². The summed E-state index contributed by atoms with van der Waals surface area (Å²) in [5, 5.41) is 3.94. The highest BCUT2D eigenvalue weighted by atomic mass is 35.5. The SMILES string of the molecule is CCC(C(=O)Nc1cc(Cl)ccc1C)S(=O)(=O)CC(=O)Nc1ccc(F)cc1. The third-order valence-electron chi connectivity index (χ3n) is 4.01. The third kappa shape index (κ3) is 5.77. The number of rotatable bonds is 7. The minimum atomic E-state index is -4.07. The van der Waals surface area contributed by atoms with Crippen molar-refractivity contribution in [3.63, 3.8) is 0 Å². The zero-order chi connectivity index (χ0) is 20.9. The molecule has 28 heavy (non-hydrogen) atoms. The standard InChI is InChI=1S/C19H20ClFN2O4S/c1-3-17(19(25)23-16-10-13(20)5-4-12(16)2)28(26,27)11-18(24)22-15-8-6-14(21)7-9-15/h4-10,17H,3,11H2,1-2H3,(H,22,24)(H,23,25). The molecular formula is C19H20ClFN2O4S. The van der Waals surface area contributed by atoms with Crippen molar-refractivity contribution in [2.75, 3.05) is 16.4 Å². The second-order valence-electron chi connectivity index (χ2n) is 6.21. The fraction of sp³-hybridized carbons (Fsp3) is 0.263. The molecule has 0 saturated heterocycles. The van der Waals surface area contributed by atoms with Crippen LogP contribution in [0.25, 0.3) is 0 Å². The molecular weight excluding hydrogens is 407 g/mol. The number of sulfone groups is 1. The maximum atomic E-state index is 12.9. The predicted molar refractivity (Wildman–Crippen MR) is 108 cm³/mol. The molecule has 0 aliphatic heterocycles. The summed E-state index contributed by atoms with van der Waals surface area (Å²) in [6, 6.07) is 9.77. The Hall–Kier alpha value is -2.45. The molecule has 2 rings (SSSR count). The monoisotopic (exact) mass is 426 g/mol. The zero-order valence-corrected chi connectivity index (χ0v) is 16.9. The summed E-state index contributed by atoms with van der Waals surface area (Å²) in [6.45, 7) is 3.29. The van der Waals surface area contributed by atoms with Crippen molar-refractivity contribution in [3.8, 4) is 0 Å². The number of carbonyl (C=O) groups is 2. The Morgan fingerprint density at radius 2 is 1.75 bits per heavy atom. The second-order valence-corrected chi connectivity index (χ2v) is 8.83. The Bertz CT molecular complexity index is 978. The molecule has 0 heterocycles. The smallest absolute Gasteiger partial charge is 0.242 e. The number of nitrogens with one attached hydrogen (secondary N) is 2. The molecule has 0 aliphatic rings. The highest BCUT2D eigenvalue weighted by molar-refractivity contribution is 7.93. The van der Waals surface area contributed by atoms with Crippen LogP contribution in [-0.2, 0) is 19.4 Å². The first-order valence-electron chi connectivity index (χ1n) is 8.46. The molecule has 150 valence electrons. The quantitative estimate of drug-likeness (QED) is 0.708. The van der Waals surface area contributed by atoms with Crippen LogP contribution in [0.3, 0.4) is 0 Å². The van der Waals surface area contributed by atoms with Gasteiger partial charge in [-0.15, -0.1) is 0 Å². The van der Waals surface area contributed by atoms with Crippen LogP contribution in [0.5, 0.6) is 0 Å². The molecule has 1 atom stereocenters. The van der Waals surface area contributed by atoms with E-state index in [1.807, 2.05) is 0 Å². The first-order chi connectivity index (χ1) is 13.1. The highest BCUT2D eigenvalue weighted by Crippen LogP contribution is 2.21. The zero-order valence-electron chi connectivity index (χ0n) is 15.3. The minimum absolute atomic E-state index is 0.00237. The van der Waals surface area contributed by atoms with Gasteiger partial charge >= 0.3 is 0 Å². The molecule has 2 amide bonds. The van der Waals surface area contributed by atoms with E-state index in [1.54, 1.807) is 26.0 Å². The number of halogens is 2. The Kier molecular flexibility index (Phi) is 7.15. The van der Waals surface area contributed by atoms with Crippen LogP contribution in [0.4, 0.5) is 15.8 Å². The Morgan fingerprint density at radius 1 is 1.11 bits per heavy atom. The van der Waals surface area contributed by atoms with Crippen LogP contribution in [0, 0.1) is 12.7 Å². The minimum Gasteiger partial charge on any atom is -0.325 e. The largest absolute Gasteiger partial charge is 0.325 e. The number of hydrogen-bond donors (Lipinski definition) is 2. The Balaban J connectivity index is 2.10. The van der Waals surface area contributed by atoms with E-state index in [0.717, 1.165) is 17.7 Å². The summed E-state index contributed by atoms with van der Waals surface area (Å²) in [6.07, 6.45) is -0.00237. The van der Waals surface area contributed by atoms with E-state index in [9.17, 15) is 22.4 Å². The van der Waals surface area contributed by atoms with Gasteiger partial charge in [0.25, 0.3) is 0 Å². The summed E-state index contributed by atoms with van der Waals surface area (Å²) >= 11 is 5.91. The van der Waals surface area contributed by atoms with Crippen molar-refractivity contribution >= 4 is 44.6 Å². The molecule has 0 saturated carbocycles. The van der Waals surface area contributed by atoms with E-state index in [2.05, 4.69) is 10.6 Å². The van der Waals surface area contributed by atoms with Crippen LogP contribution >= 0.6 is 11.6 Å². The average molecular weight is 427 g/mol. The van der Waals surface area contributed by atoms with Crippen LogP contribution in [-0.4, -0.2) is 31.2 Å². The van der Waals surface area contributed by atoms with E-state index in [0.29, 0.717) is 10.7 Å². The van der Waals surface area contributed by atoms with Gasteiger partial charge in [-0.1, -0.05) is 24.6 Å². The lowest BCUT2D eigenvalue weighted by molar-refractivity contribution is -0.115. The predicted octanol–water partition coefficient (Wildman–Crippen LogP) is 3.56. The Morgan fingerprint density at radius 3 is 2.36 bits per heavy atom. The van der Waals surface area contributed by atoms with Crippen molar-refractivity contribution in [1.29, 1.82) is 0 Å². The molecule has 0 spiro atoms. The molecule has 1 unspecified atom stereocenters. The van der Waals surface area contributed by atoms with Gasteiger partial charge in [-0.05, 0) is 55.3 Å². The lowest BCUT2D eigenvalue weighted by Gasteiger charge is -2.17. The normalized spacial score (nSPS) is 12.3. The molecule has 0 bridgehead atoms. The first kappa shape index (κ1) is 21.8. The summed E-state index contributed by atoms with van der Waals surface area (Å²) in [5.74, 6) is -2.89. The third-order valence-corrected chi connectivity index (χ3v) is 6.33. The number of hydrogen-bond acceptors (Lipinski definition) is 4.